The summed E-state index contributed by atoms with van der Waals surface area (Å²) in [7, 11) is 0. The largest absolute Gasteiger partial charge is 0.465 e. The third kappa shape index (κ3) is 6.29. The van der Waals surface area contributed by atoms with Crippen LogP contribution in [-0.2, 0) is 14.3 Å². The number of nitrogens with two attached hydrogens (primary N) is 1. The van der Waals surface area contributed by atoms with Crippen molar-refractivity contribution in [2.45, 2.75) is 137 Å². The maximum Gasteiger partial charge on any atom is 0.338 e. The van der Waals surface area contributed by atoms with Crippen molar-refractivity contribution in [2.24, 2.45) is 56.5 Å². The number of hydrogen-bond acceptors (Lipinski definition) is 5. The number of allylic oxidation sites excluding steroid dienone is 5. The van der Waals surface area contributed by atoms with Gasteiger partial charge in [-0.1, -0.05) is 84.4 Å². The molecule has 0 bridgehead atoms. The van der Waals surface area contributed by atoms with E-state index in [-0.39, 0.29) is 39.8 Å². The summed E-state index contributed by atoms with van der Waals surface area (Å²) >= 11 is 0. The predicted octanol–water partition coefficient (Wildman–Crippen LogP) is 10.8. The SMILES string of the molecule is C=C[C@@H]1CC[C@]2(N)CC[C@@](C)([C@]3(C)CC[C@H]4C(C)(C)C(C5=CC[C@](COC(=O)c6ccccc6)(C(=O)OCC)CC5)=CC[C@]4(C)[C@H]3CCC)C[C@@H]12. The first kappa shape index (κ1) is 38.1. The van der Waals surface area contributed by atoms with Gasteiger partial charge in [-0.3, -0.25) is 4.79 Å². The molecule has 0 spiro atoms. The molecule has 1 aromatic rings. The zero-order valence-electron chi connectivity index (χ0n) is 33.0. The minimum atomic E-state index is -0.864. The van der Waals surface area contributed by atoms with E-state index in [1.165, 1.54) is 56.1 Å². The van der Waals surface area contributed by atoms with Crippen LogP contribution in [0.2, 0.25) is 0 Å². The average molecular weight is 698 g/mol. The first-order valence-corrected chi connectivity index (χ1v) is 20.3. The van der Waals surface area contributed by atoms with Gasteiger partial charge in [-0.15, -0.1) is 6.58 Å². The Morgan fingerprint density at radius 2 is 1.67 bits per heavy atom. The van der Waals surface area contributed by atoms with E-state index in [0.717, 1.165) is 25.7 Å². The van der Waals surface area contributed by atoms with Gasteiger partial charge in [0.2, 0.25) is 0 Å². The maximum atomic E-state index is 13.5. The van der Waals surface area contributed by atoms with Crippen molar-refractivity contribution in [1.29, 1.82) is 0 Å². The molecule has 0 amide bonds. The number of esters is 2. The molecule has 9 atom stereocenters. The molecular formula is C46H67NO4. The zero-order valence-corrected chi connectivity index (χ0v) is 33.0. The Hall–Kier alpha value is -2.66. The predicted molar refractivity (Wildman–Crippen MR) is 207 cm³/mol. The van der Waals surface area contributed by atoms with Crippen LogP contribution in [0.3, 0.4) is 0 Å². The summed E-state index contributed by atoms with van der Waals surface area (Å²) in [6, 6.07) is 9.01. The van der Waals surface area contributed by atoms with Crippen LogP contribution in [-0.4, -0.2) is 30.7 Å². The Balaban J connectivity index is 1.26. The summed E-state index contributed by atoms with van der Waals surface area (Å²) in [5.74, 6) is 1.65. The summed E-state index contributed by atoms with van der Waals surface area (Å²) in [6.45, 7) is 21.8. The van der Waals surface area contributed by atoms with Gasteiger partial charge in [0.1, 0.15) is 12.0 Å². The first-order valence-electron chi connectivity index (χ1n) is 20.3. The molecule has 3 saturated carbocycles. The fourth-order valence-corrected chi connectivity index (χ4v) is 12.8. The van der Waals surface area contributed by atoms with Crippen LogP contribution in [0.25, 0.3) is 0 Å². The molecule has 1 aromatic carbocycles. The molecule has 0 saturated heterocycles. The molecule has 2 N–H and O–H groups in total. The molecule has 5 heteroatoms. The van der Waals surface area contributed by atoms with Gasteiger partial charge in [-0.05, 0) is 153 Å². The lowest BCUT2D eigenvalue weighted by molar-refractivity contribution is -0.168. The van der Waals surface area contributed by atoms with Crippen molar-refractivity contribution < 1.29 is 19.1 Å². The number of benzene rings is 1. The minimum Gasteiger partial charge on any atom is -0.465 e. The van der Waals surface area contributed by atoms with E-state index in [4.69, 9.17) is 15.2 Å². The Labute approximate surface area is 309 Å². The second-order valence-electron chi connectivity index (χ2n) is 18.8. The molecule has 5 aliphatic carbocycles. The Morgan fingerprint density at radius 1 is 0.922 bits per heavy atom. The van der Waals surface area contributed by atoms with Gasteiger partial charge in [-0.25, -0.2) is 4.79 Å². The van der Waals surface area contributed by atoms with Crippen LogP contribution in [0.4, 0.5) is 0 Å². The molecule has 0 aliphatic heterocycles. The monoisotopic (exact) mass is 698 g/mol. The summed E-state index contributed by atoms with van der Waals surface area (Å²) in [5, 5.41) is 0. The van der Waals surface area contributed by atoms with Crippen molar-refractivity contribution in [3.05, 3.63) is 71.8 Å². The van der Waals surface area contributed by atoms with Gasteiger partial charge in [0.05, 0.1) is 12.2 Å². The fourth-order valence-electron chi connectivity index (χ4n) is 12.8. The van der Waals surface area contributed by atoms with Crippen LogP contribution in [0.1, 0.15) is 142 Å². The molecule has 5 aliphatic rings. The number of carbonyl (C=O) groups is 2. The van der Waals surface area contributed by atoms with Gasteiger partial charge in [0.15, 0.2) is 0 Å². The molecule has 6 rings (SSSR count). The molecule has 280 valence electrons. The molecule has 0 heterocycles. The number of ether oxygens (including phenoxy) is 2. The van der Waals surface area contributed by atoms with E-state index >= 15 is 0 Å². The van der Waals surface area contributed by atoms with Crippen LogP contribution < -0.4 is 5.73 Å². The van der Waals surface area contributed by atoms with Gasteiger partial charge in [-0.2, -0.15) is 0 Å². The van der Waals surface area contributed by atoms with Crippen molar-refractivity contribution in [3.63, 3.8) is 0 Å². The molecule has 0 aromatic heterocycles. The Morgan fingerprint density at radius 3 is 2.31 bits per heavy atom. The number of fused-ring (bicyclic) bond motifs is 2. The molecular weight excluding hydrogens is 631 g/mol. The zero-order chi connectivity index (χ0) is 36.9. The lowest BCUT2D eigenvalue weighted by Crippen LogP contribution is -2.62. The highest BCUT2D eigenvalue weighted by Gasteiger charge is 2.65. The highest BCUT2D eigenvalue weighted by atomic mass is 16.6. The van der Waals surface area contributed by atoms with Gasteiger partial charge < -0.3 is 15.2 Å². The van der Waals surface area contributed by atoms with Crippen LogP contribution in [0.15, 0.2) is 66.3 Å². The average Bonchev–Trinajstić information content (AvgIpc) is 3.44. The molecule has 5 nitrogen and oxygen atoms in total. The van der Waals surface area contributed by atoms with Crippen molar-refractivity contribution in [2.75, 3.05) is 13.2 Å². The smallest absolute Gasteiger partial charge is 0.338 e. The van der Waals surface area contributed by atoms with Crippen LogP contribution in [0, 0.1) is 50.7 Å². The highest BCUT2D eigenvalue weighted by Crippen LogP contribution is 2.72. The minimum absolute atomic E-state index is 0.00906. The Kier molecular flexibility index (Phi) is 10.4. The summed E-state index contributed by atoms with van der Waals surface area (Å²) < 4.78 is 11.4. The topological polar surface area (TPSA) is 78.6 Å². The summed E-state index contributed by atoms with van der Waals surface area (Å²) in [4.78, 5) is 26.4. The lowest BCUT2D eigenvalue weighted by atomic mass is 9.37. The van der Waals surface area contributed by atoms with E-state index in [1.54, 1.807) is 12.1 Å². The van der Waals surface area contributed by atoms with E-state index in [0.29, 0.717) is 48.7 Å². The van der Waals surface area contributed by atoms with Crippen LogP contribution >= 0.6 is 0 Å². The quantitative estimate of drug-likeness (QED) is 0.194. The maximum absolute atomic E-state index is 13.5. The third-order valence-electron chi connectivity index (χ3n) is 16.1. The molecule has 0 radical (unpaired) electrons. The van der Waals surface area contributed by atoms with Crippen LogP contribution in [0.5, 0.6) is 0 Å². The number of hydrogen-bond donors (Lipinski definition) is 1. The van der Waals surface area contributed by atoms with Crippen molar-refractivity contribution in [3.8, 4) is 0 Å². The normalized spacial score (nSPS) is 40.2. The van der Waals surface area contributed by atoms with E-state index < -0.39 is 11.4 Å². The molecule has 51 heavy (non-hydrogen) atoms. The summed E-state index contributed by atoms with van der Waals surface area (Å²) in [5.41, 5.74) is 10.4. The first-order chi connectivity index (χ1) is 24.1. The second kappa shape index (κ2) is 14.0. The Bertz CT molecular complexity index is 1540. The number of carbonyl (C=O) groups excluding carboxylic acids is 2. The molecule has 3 fully saturated rings. The number of rotatable bonds is 10. The van der Waals surface area contributed by atoms with Crippen molar-refractivity contribution >= 4 is 11.9 Å². The van der Waals surface area contributed by atoms with Gasteiger partial charge in [0.25, 0.3) is 0 Å². The van der Waals surface area contributed by atoms with Gasteiger partial charge >= 0.3 is 11.9 Å². The second-order valence-corrected chi connectivity index (χ2v) is 18.8. The van der Waals surface area contributed by atoms with E-state index in [9.17, 15) is 9.59 Å². The lowest BCUT2D eigenvalue weighted by Gasteiger charge is -2.68. The highest BCUT2D eigenvalue weighted by molar-refractivity contribution is 5.89. The van der Waals surface area contributed by atoms with E-state index in [1.807, 2.05) is 25.1 Å². The fraction of sp³-hybridized carbons (Fsp3) is 0.696. The standard InChI is InChI=1S/C46H67NO4/c1-9-15-38-43(7)23-21-35(33-18-25-45(26-19-33,40(49)50-11-3)31-51-39(48)34-16-13-12-14-17-34)41(4,5)37(43)22-24-44(38,8)42(6)28-29-46(47)27-20-32(10-2)36(46)30-42/h10,12-14,16-18,21,32,36-38H,2,9,11,15,19-20,22-31,47H2,1,3-8H3/t32-,36+,37+,38-,42-,43+,44-,45+,46+/m1/s1. The third-order valence-corrected chi connectivity index (χ3v) is 16.1. The molecule has 0 unspecified atom stereocenters. The van der Waals surface area contributed by atoms with Crippen molar-refractivity contribution in [1.82, 2.24) is 0 Å². The van der Waals surface area contributed by atoms with Gasteiger partial charge in [0, 0.05) is 5.54 Å². The van der Waals surface area contributed by atoms with E-state index in [2.05, 4.69) is 66.3 Å². The summed E-state index contributed by atoms with van der Waals surface area (Å²) in [6.07, 6.45) is 21.1.